The number of ether oxygens (including phenoxy) is 1. The van der Waals surface area contributed by atoms with E-state index >= 15 is 0 Å². The SMILES string of the molecule is COc1cc(/C=C2\CCC(=O)N3C2=NNC3(C)c2ccc(F)cc2)ccc1-n1cnc(C)c1. The number of carbonyl (C=O) groups excluding carboxylic acids is 1. The summed E-state index contributed by atoms with van der Waals surface area (Å²) in [5, 5.41) is 4.51. The first-order valence-electron chi connectivity index (χ1n) is 10.7. The predicted octanol–water partition coefficient (Wildman–Crippen LogP) is 4.12. The Morgan fingerprint density at radius 1 is 1.18 bits per heavy atom. The predicted molar refractivity (Wildman–Crippen MR) is 123 cm³/mol. The molecule has 0 saturated carbocycles. The Labute approximate surface area is 191 Å². The zero-order valence-corrected chi connectivity index (χ0v) is 18.7. The van der Waals surface area contributed by atoms with Gasteiger partial charge in [-0.05, 0) is 67.3 Å². The quantitative estimate of drug-likeness (QED) is 0.656. The summed E-state index contributed by atoms with van der Waals surface area (Å²) in [5.74, 6) is 0.959. The second kappa shape index (κ2) is 7.88. The summed E-state index contributed by atoms with van der Waals surface area (Å²) in [7, 11) is 1.64. The van der Waals surface area contributed by atoms with Gasteiger partial charge in [0.25, 0.3) is 0 Å². The van der Waals surface area contributed by atoms with Crippen LogP contribution in [0.25, 0.3) is 11.8 Å². The normalized spacial score (nSPS) is 21.1. The van der Waals surface area contributed by atoms with Crippen molar-refractivity contribution in [2.75, 3.05) is 7.11 Å². The number of hydrazone groups is 1. The third-order valence-electron chi connectivity index (χ3n) is 6.12. The Balaban J connectivity index is 1.49. The maximum absolute atomic E-state index is 13.5. The molecule has 168 valence electrons. The van der Waals surface area contributed by atoms with Crippen molar-refractivity contribution >= 4 is 17.8 Å². The molecule has 8 heteroatoms. The maximum Gasteiger partial charge on any atom is 0.230 e. The number of nitrogens with one attached hydrogen (secondary N) is 1. The molecule has 33 heavy (non-hydrogen) atoms. The third kappa shape index (κ3) is 3.57. The molecular weight excluding hydrogens is 421 g/mol. The molecule has 1 saturated heterocycles. The van der Waals surface area contributed by atoms with Crippen LogP contribution < -0.4 is 10.2 Å². The minimum absolute atomic E-state index is 0.0221. The average molecular weight is 445 g/mol. The number of rotatable bonds is 4. The first-order valence-corrected chi connectivity index (χ1v) is 10.7. The van der Waals surface area contributed by atoms with Gasteiger partial charge in [-0.1, -0.05) is 18.2 Å². The van der Waals surface area contributed by atoms with Crippen LogP contribution in [0.15, 0.2) is 65.7 Å². The summed E-state index contributed by atoms with van der Waals surface area (Å²) < 4.78 is 21.0. The van der Waals surface area contributed by atoms with E-state index in [0.29, 0.717) is 24.4 Å². The number of amides is 1. The van der Waals surface area contributed by atoms with Gasteiger partial charge in [0, 0.05) is 12.6 Å². The van der Waals surface area contributed by atoms with Crippen molar-refractivity contribution in [2.45, 2.75) is 32.4 Å². The highest BCUT2D eigenvalue weighted by molar-refractivity contribution is 6.13. The topological polar surface area (TPSA) is 71.8 Å². The Bertz CT molecular complexity index is 1290. The summed E-state index contributed by atoms with van der Waals surface area (Å²) in [5.41, 5.74) is 6.70. The fourth-order valence-electron chi connectivity index (χ4n) is 4.38. The lowest BCUT2D eigenvalue weighted by atomic mass is 9.94. The van der Waals surface area contributed by atoms with Crippen molar-refractivity contribution in [2.24, 2.45) is 5.10 Å². The van der Waals surface area contributed by atoms with E-state index in [0.717, 1.165) is 28.1 Å². The minimum atomic E-state index is -0.875. The Morgan fingerprint density at radius 3 is 2.67 bits per heavy atom. The second-order valence-corrected chi connectivity index (χ2v) is 8.38. The third-order valence-corrected chi connectivity index (χ3v) is 6.12. The molecular formula is C25H24FN5O2. The Morgan fingerprint density at radius 2 is 1.97 bits per heavy atom. The van der Waals surface area contributed by atoms with Crippen LogP contribution in [0.5, 0.6) is 5.75 Å². The van der Waals surface area contributed by atoms with Crippen LogP contribution in [-0.2, 0) is 10.5 Å². The number of nitrogens with zero attached hydrogens (tertiary/aromatic N) is 4. The molecule has 1 unspecified atom stereocenters. The van der Waals surface area contributed by atoms with Gasteiger partial charge in [0.15, 0.2) is 11.5 Å². The van der Waals surface area contributed by atoms with E-state index in [1.54, 1.807) is 30.5 Å². The molecule has 0 bridgehead atoms. The number of fused-ring (bicyclic) bond motifs is 1. The molecule has 1 amide bonds. The smallest absolute Gasteiger partial charge is 0.230 e. The number of benzene rings is 2. The van der Waals surface area contributed by atoms with E-state index in [1.165, 1.54) is 12.1 Å². The molecule has 1 fully saturated rings. The number of hydrogen-bond acceptors (Lipinski definition) is 5. The minimum Gasteiger partial charge on any atom is -0.495 e. The van der Waals surface area contributed by atoms with Gasteiger partial charge in [-0.15, -0.1) is 0 Å². The highest BCUT2D eigenvalue weighted by Crippen LogP contribution is 2.37. The summed E-state index contributed by atoms with van der Waals surface area (Å²) >= 11 is 0. The molecule has 2 aromatic carbocycles. The van der Waals surface area contributed by atoms with Gasteiger partial charge in [-0.25, -0.2) is 9.37 Å². The fraction of sp³-hybridized carbons (Fsp3) is 0.240. The molecule has 3 heterocycles. The number of imidazole rings is 1. The van der Waals surface area contributed by atoms with E-state index in [4.69, 9.17) is 4.74 Å². The number of methoxy groups -OCH3 is 1. The number of aryl methyl sites for hydroxylation is 1. The van der Waals surface area contributed by atoms with Crippen LogP contribution in [0.1, 0.15) is 36.6 Å². The van der Waals surface area contributed by atoms with Crippen LogP contribution >= 0.6 is 0 Å². The highest BCUT2D eigenvalue weighted by atomic mass is 19.1. The standard InChI is InChI=1S/C25H24FN5O2/c1-16-14-30(15-27-16)21-10-4-17(13-22(21)33-3)12-18-5-11-23(32)31-24(18)28-29-25(31,2)19-6-8-20(26)9-7-19/h4,6-10,12-15,29H,5,11H2,1-3H3/b18-12+. The van der Waals surface area contributed by atoms with Gasteiger partial charge in [0.2, 0.25) is 5.91 Å². The van der Waals surface area contributed by atoms with Crippen molar-refractivity contribution < 1.29 is 13.9 Å². The van der Waals surface area contributed by atoms with Crippen LogP contribution in [0.2, 0.25) is 0 Å². The molecule has 0 radical (unpaired) electrons. The summed E-state index contributed by atoms with van der Waals surface area (Å²) in [6.45, 7) is 3.82. The molecule has 7 nitrogen and oxygen atoms in total. The van der Waals surface area contributed by atoms with E-state index in [2.05, 4.69) is 15.5 Å². The Hall–Kier alpha value is -3.94. The van der Waals surface area contributed by atoms with Gasteiger partial charge < -0.3 is 9.30 Å². The molecule has 1 N–H and O–H groups in total. The molecule has 3 aromatic rings. The molecule has 2 aliphatic rings. The lowest BCUT2D eigenvalue weighted by Gasteiger charge is -2.38. The lowest BCUT2D eigenvalue weighted by molar-refractivity contribution is -0.132. The van der Waals surface area contributed by atoms with E-state index < -0.39 is 5.66 Å². The first kappa shape index (κ1) is 20.9. The largest absolute Gasteiger partial charge is 0.495 e. The number of hydrogen-bond donors (Lipinski definition) is 1. The number of amidine groups is 1. The summed E-state index contributed by atoms with van der Waals surface area (Å²) in [6, 6.07) is 12.1. The zero-order valence-electron chi connectivity index (χ0n) is 18.7. The Kier molecular flexibility index (Phi) is 5.00. The highest BCUT2D eigenvalue weighted by Gasteiger charge is 2.47. The lowest BCUT2D eigenvalue weighted by Crippen LogP contribution is -2.53. The summed E-state index contributed by atoms with van der Waals surface area (Å²) in [4.78, 5) is 18.9. The van der Waals surface area contributed by atoms with Crippen molar-refractivity contribution in [3.05, 3.63) is 83.2 Å². The average Bonchev–Trinajstić information content (AvgIpc) is 3.40. The zero-order chi connectivity index (χ0) is 23.2. The summed E-state index contributed by atoms with van der Waals surface area (Å²) in [6.07, 6.45) is 6.68. The van der Waals surface area contributed by atoms with E-state index in [9.17, 15) is 9.18 Å². The molecule has 1 atom stereocenters. The number of halogens is 1. The van der Waals surface area contributed by atoms with Gasteiger partial charge in [-0.3, -0.25) is 15.1 Å². The van der Waals surface area contributed by atoms with Crippen LogP contribution in [-0.4, -0.2) is 33.3 Å². The van der Waals surface area contributed by atoms with Crippen molar-refractivity contribution in [1.82, 2.24) is 19.9 Å². The van der Waals surface area contributed by atoms with Gasteiger partial charge >= 0.3 is 0 Å². The fourth-order valence-corrected chi connectivity index (χ4v) is 4.38. The van der Waals surface area contributed by atoms with Gasteiger partial charge in [-0.2, -0.15) is 5.10 Å². The number of aromatic nitrogens is 2. The van der Waals surface area contributed by atoms with E-state index in [-0.39, 0.29) is 11.7 Å². The van der Waals surface area contributed by atoms with E-state index in [1.807, 2.05) is 48.9 Å². The van der Waals surface area contributed by atoms with Crippen molar-refractivity contribution in [1.29, 1.82) is 0 Å². The number of carbonyl (C=O) groups is 1. The maximum atomic E-state index is 13.5. The molecule has 0 aliphatic carbocycles. The first-order chi connectivity index (χ1) is 15.9. The van der Waals surface area contributed by atoms with Gasteiger partial charge in [0.05, 0.1) is 24.8 Å². The van der Waals surface area contributed by atoms with Crippen LogP contribution in [0.4, 0.5) is 4.39 Å². The van der Waals surface area contributed by atoms with Crippen molar-refractivity contribution in [3.63, 3.8) is 0 Å². The van der Waals surface area contributed by atoms with Crippen LogP contribution in [0.3, 0.4) is 0 Å². The molecule has 5 rings (SSSR count). The molecule has 2 aliphatic heterocycles. The second-order valence-electron chi connectivity index (χ2n) is 8.38. The van der Waals surface area contributed by atoms with Crippen LogP contribution in [0, 0.1) is 12.7 Å². The molecule has 0 spiro atoms. The molecule has 1 aromatic heterocycles. The van der Waals surface area contributed by atoms with Gasteiger partial charge in [0.1, 0.15) is 11.6 Å². The monoisotopic (exact) mass is 445 g/mol. The van der Waals surface area contributed by atoms with Crippen molar-refractivity contribution in [3.8, 4) is 11.4 Å². The number of piperidine rings is 1.